The molecule has 0 unspecified atom stereocenters. The van der Waals surface area contributed by atoms with Crippen LogP contribution in [-0.2, 0) is 0 Å². The van der Waals surface area contributed by atoms with Gasteiger partial charge in [-0.1, -0.05) is 23.8 Å². The van der Waals surface area contributed by atoms with E-state index >= 15 is 0 Å². The van der Waals surface area contributed by atoms with Gasteiger partial charge in [0.1, 0.15) is 6.67 Å². The summed E-state index contributed by atoms with van der Waals surface area (Å²) in [4.78, 5) is 2.25. The molecule has 1 aliphatic heterocycles. The van der Waals surface area contributed by atoms with E-state index in [-0.39, 0.29) is 12.7 Å². The summed E-state index contributed by atoms with van der Waals surface area (Å²) < 4.78 is 13.4. The van der Waals surface area contributed by atoms with Crippen molar-refractivity contribution in [3.8, 4) is 0 Å². The third-order valence-electron chi connectivity index (χ3n) is 3.53. The molecular formula is C14H21FN2. The average molecular weight is 236 g/mol. The zero-order valence-corrected chi connectivity index (χ0v) is 10.7. The van der Waals surface area contributed by atoms with Gasteiger partial charge in [-0.15, -0.1) is 0 Å². The van der Waals surface area contributed by atoms with Crippen LogP contribution in [-0.4, -0.2) is 37.8 Å². The van der Waals surface area contributed by atoms with Gasteiger partial charge in [-0.3, -0.25) is 4.90 Å². The minimum Gasteiger partial charge on any atom is -0.314 e. The van der Waals surface area contributed by atoms with E-state index in [1.807, 2.05) is 0 Å². The highest BCUT2D eigenvalue weighted by molar-refractivity contribution is 5.33. The minimum absolute atomic E-state index is 0.0722. The molecule has 0 bridgehead atoms. The molecule has 0 spiro atoms. The van der Waals surface area contributed by atoms with Crippen LogP contribution in [0.1, 0.15) is 22.7 Å². The zero-order valence-electron chi connectivity index (χ0n) is 10.7. The highest BCUT2D eigenvalue weighted by Crippen LogP contribution is 2.25. The van der Waals surface area contributed by atoms with Crippen LogP contribution in [0, 0.1) is 13.8 Å². The Labute approximate surface area is 103 Å². The summed E-state index contributed by atoms with van der Waals surface area (Å²) >= 11 is 0. The second-order valence-electron chi connectivity index (χ2n) is 4.82. The van der Waals surface area contributed by atoms with Crippen molar-refractivity contribution in [2.75, 3.05) is 32.9 Å². The molecule has 0 saturated carbocycles. The van der Waals surface area contributed by atoms with Crippen molar-refractivity contribution in [3.63, 3.8) is 0 Å². The molecule has 1 heterocycles. The maximum atomic E-state index is 13.4. The minimum atomic E-state index is -0.301. The molecule has 94 valence electrons. The molecule has 0 amide bonds. The number of nitrogens with one attached hydrogen (secondary N) is 1. The van der Waals surface area contributed by atoms with Gasteiger partial charge in [-0.25, -0.2) is 4.39 Å². The van der Waals surface area contributed by atoms with Gasteiger partial charge in [0.15, 0.2) is 0 Å². The molecule has 1 aromatic rings. The maximum Gasteiger partial charge on any atom is 0.109 e. The molecule has 0 radical (unpaired) electrons. The van der Waals surface area contributed by atoms with Crippen molar-refractivity contribution in [1.82, 2.24) is 10.2 Å². The maximum absolute atomic E-state index is 13.4. The van der Waals surface area contributed by atoms with Crippen molar-refractivity contribution in [1.29, 1.82) is 0 Å². The van der Waals surface area contributed by atoms with Gasteiger partial charge in [0, 0.05) is 26.2 Å². The first-order valence-electron chi connectivity index (χ1n) is 6.30. The van der Waals surface area contributed by atoms with Crippen LogP contribution in [0.25, 0.3) is 0 Å². The Bertz CT molecular complexity index is 372. The van der Waals surface area contributed by atoms with Gasteiger partial charge in [-0.2, -0.15) is 0 Å². The quantitative estimate of drug-likeness (QED) is 0.865. The van der Waals surface area contributed by atoms with Crippen LogP contribution >= 0.6 is 0 Å². The molecule has 3 heteroatoms. The van der Waals surface area contributed by atoms with E-state index in [2.05, 4.69) is 42.3 Å². The number of hydrogen-bond donors (Lipinski definition) is 1. The predicted molar refractivity (Wildman–Crippen MR) is 69.1 cm³/mol. The van der Waals surface area contributed by atoms with E-state index in [1.165, 1.54) is 11.1 Å². The molecule has 1 atom stereocenters. The van der Waals surface area contributed by atoms with Crippen molar-refractivity contribution >= 4 is 0 Å². The highest BCUT2D eigenvalue weighted by Gasteiger charge is 2.23. The zero-order chi connectivity index (χ0) is 12.3. The van der Waals surface area contributed by atoms with E-state index in [1.54, 1.807) is 0 Å². The third-order valence-corrected chi connectivity index (χ3v) is 3.53. The van der Waals surface area contributed by atoms with Crippen LogP contribution in [0.2, 0.25) is 0 Å². The number of halogens is 1. The van der Waals surface area contributed by atoms with E-state index in [0.717, 1.165) is 31.7 Å². The first-order valence-corrected chi connectivity index (χ1v) is 6.30. The summed E-state index contributed by atoms with van der Waals surface area (Å²) in [7, 11) is 0. The fourth-order valence-electron chi connectivity index (χ4n) is 2.49. The molecule has 1 saturated heterocycles. The first-order chi connectivity index (χ1) is 8.22. The number of benzene rings is 1. The highest BCUT2D eigenvalue weighted by atomic mass is 19.1. The number of hydrogen-bond acceptors (Lipinski definition) is 2. The summed E-state index contributed by atoms with van der Waals surface area (Å²) in [5.41, 5.74) is 3.55. The van der Waals surface area contributed by atoms with Crippen LogP contribution in [0.4, 0.5) is 4.39 Å². The summed E-state index contributed by atoms with van der Waals surface area (Å²) in [6, 6.07) is 6.24. The fraction of sp³-hybridized carbons (Fsp3) is 0.571. The Morgan fingerprint density at radius 1 is 1.29 bits per heavy atom. The lowest BCUT2D eigenvalue weighted by Gasteiger charge is -2.34. The molecule has 0 aliphatic carbocycles. The average Bonchev–Trinajstić information content (AvgIpc) is 2.36. The molecule has 0 aromatic heterocycles. The van der Waals surface area contributed by atoms with Gasteiger partial charge in [0.25, 0.3) is 0 Å². The predicted octanol–water partition coefficient (Wildman–Crippen LogP) is 2.22. The molecule has 2 nitrogen and oxygen atoms in total. The van der Waals surface area contributed by atoms with Crippen molar-refractivity contribution in [3.05, 3.63) is 34.9 Å². The Hall–Kier alpha value is -0.930. The standard InChI is InChI=1S/C14H21FN2/c1-11-3-4-12(2)13(9-11)14(10-15)17-7-5-16-6-8-17/h3-4,9,14,16H,5-8,10H2,1-2H3/t14-/m0/s1. The molecular weight excluding hydrogens is 215 g/mol. The smallest absolute Gasteiger partial charge is 0.109 e. The largest absolute Gasteiger partial charge is 0.314 e. The lowest BCUT2D eigenvalue weighted by Crippen LogP contribution is -2.45. The number of nitrogens with zero attached hydrogens (tertiary/aromatic N) is 1. The number of piperazine rings is 1. The van der Waals surface area contributed by atoms with Crippen LogP contribution in [0.15, 0.2) is 18.2 Å². The van der Waals surface area contributed by atoms with E-state index in [0.29, 0.717) is 0 Å². The first kappa shape index (κ1) is 12.5. The Morgan fingerprint density at radius 3 is 2.65 bits per heavy atom. The molecule has 1 aliphatic rings. The number of aryl methyl sites for hydroxylation is 2. The van der Waals surface area contributed by atoms with Gasteiger partial charge in [0.05, 0.1) is 6.04 Å². The topological polar surface area (TPSA) is 15.3 Å². The fourth-order valence-corrected chi connectivity index (χ4v) is 2.49. The molecule has 1 N–H and O–H groups in total. The van der Waals surface area contributed by atoms with Crippen LogP contribution < -0.4 is 5.32 Å². The molecule has 1 fully saturated rings. The third kappa shape index (κ3) is 2.85. The SMILES string of the molecule is Cc1ccc(C)c([C@H](CF)N2CCNCC2)c1. The summed E-state index contributed by atoms with van der Waals surface area (Å²) in [6.07, 6.45) is 0. The van der Waals surface area contributed by atoms with Crippen molar-refractivity contribution in [2.45, 2.75) is 19.9 Å². The summed E-state index contributed by atoms with van der Waals surface area (Å²) in [6.45, 7) is 7.62. The Balaban J connectivity index is 2.24. The lowest BCUT2D eigenvalue weighted by molar-refractivity contribution is 0.147. The normalized spacial score (nSPS) is 19.2. The lowest BCUT2D eigenvalue weighted by atomic mass is 9.98. The van der Waals surface area contributed by atoms with Gasteiger partial charge in [0.2, 0.25) is 0 Å². The molecule has 2 rings (SSSR count). The summed E-state index contributed by atoms with van der Waals surface area (Å²) in [5, 5.41) is 3.31. The number of alkyl halides is 1. The monoisotopic (exact) mass is 236 g/mol. The van der Waals surface area contributed by atoms with E-state index in [9.17, 15) is 4.39 Å². The van der Waals surface area contributed by atoms with E-state index < -0.39 is 0 Å². The second kappa shape index (κ2) is 5.61. The molecule has 1 aromatic carbocycles. The van der Waals surface area contributed by atoms with Gasteiger partial charge in [-0.05, 0) is 25.0 Å². The van der Waals surface area contributed by atoms with Crippen LogP contribution in [0.5, 0.6) is 0 Å². The van der Waals surface area contributed by atoms with Crippen molar-refractivity contribution < 1.29 is 4.39 Å². The Morgan fingerprint density at radius 2 is 2.00 bits per heavy atom. The molecule has 17 heavy (non-hydrogen) atoms. The Kier molecular flexibility index (Phi) is 4.13. The van der Waals surface area contributed by atoms with Gasteiger partial charge >= 0.3 is 0 Å². The second-order valence-corrected chi connectivity index (χ2v) is 4.82. The summed E-state index contributed by atoms with van der Waals surface area (Å²) in [5.74, 6) is 0. The number of rotatable bonds is 3. The van der Waals surface area contributed by atoms with Crippen molar-refractivity contribution in [2.24, 2.45) is 0 Å². The van der Waals surface area contributed by atoms with E-state index in [4.69, 9.17) is 0 Å². The van der Waals surface area contributed by atoms with Gasteiger partial charge < -0.3 is 5.32 Å². The van der Waals surface area contributed by atoms with Crippen LogP contribution in [0.3, 0.4) is 0 Å².